The number of halogens is 1. The summed E-state index contributed by atoms with van der Waals surface area (Å²) in [5.41, 5.74) is 2.35. The number of benzene rings is 1. The number of aromatic nitrogens is 4. The van der Waals surface area contributed by atoms with Crippen molar-refractivity contribution in [2.45, 2.75) is 19.4 Å². The van der Waals surface area contributed by atoms with Crippen LogP contribution in [0.15, 0.2) is 36.8 Å². The molecule has 0 saturated carbocycles. The highest BCUT2D eigenvalue weighted by Gasteiger charge is 2.20. The fourth-order valence-electron chi connectivity index (χ4n) is 3.55. The van der Waals surface area contributed by atoms with E-state index in [2.05, 4.69) is 26.5 Å². The highest BCUT2D eigenvalue weighted by Crippen LogP contribution is 2.31. The van der Waals surface area contributed by atoms with Gasteiger partial charge < -0.3 is 19.7 Å². The zero-order chi connectivity index (χ0) is 24.1. The largest absolute Gasteiger partial charge is 0.495 e. The van der Waals surface area contributed by atoms with Crippen LogP contribution in [-0.4, -0.2) is 64.0 Å². The van der Waals surface area contributed by atoms with Gasteiger partial charge in [0.15, 0.2) is 0 Å². The van der Waals surface area contributed by atoms with Crippen molar-refractivity contribution in [3.05, 3.63) is 47.4 Å². The molecule has 4 rings (SSSR count). The average Bonchev–Trinajstić information content (AvgIpc) is 3.36. The molecular weight excluding hydrogens is 458 g/mol. The molecule has 1 atom stereocenters. The first kappa shape index (κ1) is 23.5. The quantitative estimate of drug-likeness (QED) is 0.542. The van der Waals surface area contributed by atoms with Gasteiger partial charge in [0.25, 0.3) is 5.91 Å². The van der Waals surface area contributed by atoms with Crippen LogP contribution in [0.3, 0.4) is 0 Å². The zero-order valence-corrected chi connectivity index (χ0v) is 19.6. The molecule has 11 heteroatoms. The predicted octanol–water partition coefficient (Wildman–Crippen LogP) is 3.69. The van der Waals surface area contributed by atoms with Gasteiger partial charge in [0.1, 0.15) is 5.75 Å². The van der Waals surface area contributed by atoms with Crippen molar-refractivity contribution < 1.29 is 14.3 Å². The molecule has 0 bridgehead atoms. The summed E-state index contributed by atoms with van der Waals surface area (Å²) in [6.07, 6.45) is 5.30. The molecule has 34 heavy (non-hydrogen) atoms. The Kier molecular flexibility index (Phi) is 7.25. The molecule has 10 nitrogen and oxygen atoms in total. The van der Waals surface area contributed by atoms with Crippen LogP contribution in [0.1, 0.15) is 29.7 Å². The standard InChI is InChI=1S/C23H24ClN7O3/c1-15(5-6-25)31-14-17(12-27-31)21-18(24)13-26-23(29-21)28-19-4-3-16(11-20(19)33-2)22(32)30-7-9-34-10-8-30/h3-4,11-15H,5,7-10H2,1-2H3,(H,26,28,29). The van der Waals surface area contributed by atoms with Gasteiger partial charge in [-0.3, -0.25) is 9.48 Å². The summed E-state index contributed by atoms with van der Waals surface area (Å²) in [6.45, 7) is 4.11. The molecule has 1 aliphatic heterocycles. The van der Waals surface area contributed by atoms with Crippen molar-refractivity contribution in [1.29, 1.82) is 5.26 Å². The van der Waals surface area contributed by atoms with E-state index in [1.807, 2.05) is 6.92 Å². The number of anilines is 2. The number of hydrogen-bond acceptors (Lipinski definition) is 8. The van der Waals surface area contributed by atoms with Gasteiger partial charge in [-0.25, -0.2) is 9.97 Å². The minimum Gasteiger partial charge on any atom is -0.495 e. The average molecular weight is 482 g/mol. The molecular formula is C23H24ClN7O3. The SMILES string of the molecule is COc1cc(C(=O)N2CCOCC2)ccc1Nc1ncc(Cl)c(-c2cnn(C(C)CC#N)c2)n1. The number of carbonyl (C=O) groups is 1. The number of nitrogens with one attached hydrogen (secondary N) is 1. The fraction of sp³-hybridized carbons (Fsp3) is 0.348. The second-order valence-corrected chi connectivity index (χ2v) is 8.16. The van der Waals surface area contributed by atoms with Gasteiger partial charge in [-0.05, 0) is 25.1 Å². The van der Waals surface area contributed by atoms with Gasteiger partial charge in [-0.2, -0.15) is 10.4 Å². The van der Waals surface area contributed by atoms with Gasteiger partial charge in [-0.1, -0.05) is 11.6 Å². The van der Waals surface area contributed by atoms with E-state index in [0.29, 0.717) is 72.0 Å². The topological polar surface area (TPSA) is 118 Å². The molecule has 1 fully saturated rings. The summed E-state index contributed by atoms with van der Waals surface area (Å²) < 4.78 is 12.5. The van der Waals surface area contributed by atoms with Gasteiger partial charge in [0, 0.05) is 30.4 Å². The second kappa shape index (κ2) is 10.5. The van der Waals surface area contributed by atoms with Gasteiger partial charge >= 0.3 is 0 Å². The molecule has 0 spiro atoms. The molecule has 1 aliphatic rings. The summed E-state index contributed by atoms with van der Waals surface area (Å²) in [4.78, 5) is 23.4. The first-order valence-corrected chi connectivity index (χ1v) is 11.1. The lowest BCUT2D eigenvalue weighted by atomic mass is 10.1. The zero-order valence-electron chi connectivity index (χ0n) is 18.9. The van der Waals surface area contributed by atoms with Crippen LogP contribution in [0, 0.1) is 11.3 Å². The van der Waals surface area contributed by atoms with E-state index in [1.54, 1.807) is 40.2 Å². The number of nitrogens with zero attached hydrogens (tertiary/aromatic N) is 6. The molecule has 1 amide bonds. The van der Waals surface area contributed by atoms with E-state index in [-0.39, 0.29) is 11.9 Å². The molecule has 3 heterocycles. The molecule has 0 aliphatic carbocycles. The minimum absolute atomic E-state index is 0.0687. The fourth-order valence-corrected chi connectivity index (χ4v) is 3.75. The molecule has 3 aromatic rings. The summed E-state index contributed by atoms with van der Waals surface area (Å²) >= 11 is 6.35. The molecule has 1 aromatic carbocycles. The van der Waals surface area contributed by atoms with Crippen LogP contribution in [0.4, 0.5) is 11.6 Å². The molecule has 2 aromatic heterocycles. The van der Waals surface area contributed by atoms with Crippen LogP contribution in [0.5, 0.6) is 5.75 Å². The number of ether oxygens (including phenoxy) is 2. The van der Waals surface area contributed by atoms with Gasteiger partial charge in [0.2, 0.25) is 5.95 Å². The number of rotatable bonds is 7. The maximum Gasteiger partial charge on any atom is 0.254 e. The van der Waals surface area contributed by atoms with E-state index >= 15 is 0 Å². The Morgan fingerprint density at radius 3 is 2.88 bits per heavy atom. The number of nitriles is 1. The van der Waals surface area contributed by atoms with E-state index in [0.717, 1.165) is 0 Å². The summed E-state index contributed by atoms with van der Waals surface area (Å²) in [6, 6.07) is 7.25. The third-order valence-electron chi connectivity index (χ3n) is 5.45. The molecule has 1 unspecified atom stereocenters. The van der Waals surface area contributed by atoms with Crippen molar-refractivity contribution in [3.8, 4) is 23.1 Å². The van der Waals surface area contributed by atoms with E-state index in [4.69, 9.17) is 26.3 Å². The molecule has 1 saturated heterocycles. The Labute approximate surface area is 202 Å². The first-order valence-electron chi connectivity index (χ1n) is 10.8. The van der Waals surface area contributed by atoms with Crippen molar-refractivity contribution in [2.75, 3.05) is 38.7 Å². The lowest BCUT2D eigenvalue weighted by Crippen LogP contribution is -2.40. The van der Waals surface area contributed by atoms with Crippen LogP contribution < -0.4 is 10.1 Å². The number of amides is 1. The first-order chi connectivity index (χ1) is 16.5. The number of morpholine rings is 1. The van der Waals surface area contributed by atoms with E-state index < -0.39 is 0 Å². The lowest BCUT2D eigenvalue weighted by molar-refractivity contribution is 0.0302. The highest BCUT2D eigenvalue weighted by atomic mass is 35.5. The van der Waals surface area contributed by atoms with E-state index in [9.17, 15) is 4.79 Å². The highest BCUT2D eigenvalue weighted by molar-refractivity contribution is 6.32. The van der Waals surface area contributed by atoms with Crippen molar-refractivity contribution in [1.82, 2.24) is 24.6 Å². The smallest absolute Gasteiger partial charge is 0.254 e. The summed E-state index contributed by atoms with van der Waals surface area (Å²) in [5.74, 6) is 0.723. The Balaban J connectivity index is 1.56. The molecule has 0 radical (unpaired) electrons. The second-order valence-electron chi connectivity index (χ2n) is 7.76. The minimum atomic E-state index is -0.0695. The van der Waals surface area contributed by atoms with Crippen molar-refractivity contribution in [3.63, 3.8) is 0 Å². The summed E-state index contributed by atoms with van der Waals surface area (Å²) in [5, 5.41) is 16.7. The third-order valence-corrected chi connectivity index (χ3v) is 5.73. The Bertz CT molecular complexity index is 1220. The van der Waals surface area contributed by atoms with Gasteiger partial charge in [-0.15, -0.1) is 0 Å². The Hall–Kier alpha value is -3.68. The van der Waals surface area contributed by atoms with E-state index in [1.165, 1.54) is 13.3 Å². The van der Waals surface area contributed by atoms with Crippen LogP contribution in [0.2, 0.25) is 5.02 Å². The predicted molar refractivity (Wildman–Crippen MR) is 126 cm³/mol. The van der Waals surface area contributed by atoms with Crippen LogP contribution >= 0.6 is 11.6 Å². The van der Waals surface area contributed by atoms with Crippen molar-refractivity contribution in [2.24, 2.45) is 0 Å². The molecule has 176 valence electrons. The number of hydrogen-bond donors (Lipinski definition) is 1. The maximum absolute atomic E-state index is 12.8. The van der Waals surface area contributed by atoms with Crippen LogP contribution in [-0.2, 0) is 4.74 Å². The molecule has 1 N–H and O–H groups in total. The third kappa shape index (κ3) is 5.11. The normalized spacial score (nSPS) is 14.4. The monoisotopic (exact) mass is 481 g/mol. The Morgan fingerprint density at radius 2 is 2.15 bits per heavy atom. The lowest BCUT2D eigenvalue weighted by Gasteiger charge is -2.27. The van der Waals surface area contributed by atoms with Crippen LogP contribution in [0.25, 0.3) is 11.3 Å². The number of methoxy groups -OCH3 is 1. The number of carbonyl (C=O) groups excluding carboxylic acids is 1. The Morgan fingerprint density at radius 1 is 1.35 bits per heavy atom. The van der Waals surface area contributed by atoms with Gasteiger partial charge in [0.05, 0.1) is 67.7 Å². The summed E-state index contributed by atoms with van der Waals surface area (Å²) in [7, 11) is 1.54. The maximum atomic E-state index is 12.8. The van der Waals surface area contributed by atoms with Crippen molar-refractivity contribution >= 4 is 29.1 Å².